The summed E-state index contributed by atoms with van der Waals surface area (Å²) in [5.74, 6) is 0.478. The van der Waals surface area contributed by atoms with Crippen molar-refractivity contribution >= 4 is 16.5 Å². The van der Waals surface area contributed by atoms with Crippen molar-refractivity contribution in [3.63, 3.8) is 0 Å². The molecule has 1 heterocycles. The average Bonchev–Trinajstić information content (AvgIpc) is 2.93. The fourth-order valence-corrected chi connectivity index (χ4v) is 3.20. The van der Waals surface area contributed by atoms with E-state index in [1.807, 2.05) is 32.3 Å². The zero-order valence-electron chi connectivity index (χ0n) is 13.5. The molecule has 0 bridgehead atoms. The SMILES string of the molecule is CC(CCO)CNCc1sc(N(C)C)nc1-c1ccccc1. The summed E-state index contributed by atoms with van der Waals surface area (Å²) in [7, 11) is 4.04. The lowest BCUT2D eigenvalue weighted by atomic mass is 10.1. The minimum atomic E-state index is 0.253. The lowest BCUT2D eigenvalue weighted by Crippen LogP contribution is -2.21. The largest absolute Gasteiger partial charge is 0.396 e. The van der Waals surface area contributed by atoms with Gasteiger partial charge in [-0.05, 0) is 18.9 Å². The van der Waals surface area contributed by atoms with Gasteiger partial charge in [-0.2, -0.15) is 0 Å². The van der Waals surface area contributed by atoms with Gasteiger partial charge in [-0.1, -0.05) is 48.6 Å². The van der Waals surface area contributed by atoms with Crippen LogP contribution in [0.5, 0.6) is 0 Å². The third-order valence-corrected chi connectivity index (χ3v) is 4.74. The molecule has 5 heteroatoms. The minimum Gasteiger partial charge on any atom is -0.396 e. The van der Waals surface area contributed by atoms with Gasteiger partial charge in [0, 0.05) is 37.7 Å². The third-order valence-electron chi connectivity index (χ3n) is 3.52. The quantitative estimate of drug-likeness (QED) is 0.785. The predicted molar refractivity (Wildman–Crippen MR) is 94.5 cm³/mol. The van der Waals surface area contributed by atoms with Crippen LogP contribution in [0.25, 0.3) is 11.3 Å². The normalized spacial score (nSPS) is 12.4. The molecule has 2 rings (SSSR count). The summed E-state index contributed by atoms with van der Waals surface area (Å²) in [4.78, 5) is 8.08. The van der Waals surface area contributed by atoms with Crippen LogP contribution in [0.2, 0.25) is 0 Å². The second-order valence-electron chi connectivity index (χ2n) is 5.78. The second kappa shape index (κ2) is 8.27. The predicted octanol–water partition coefficient (Wildman–Crippen LogP) is 2.98. The topological polar surface area (TPSA) is 48.4 Å². The maximum atomic E-state index is 8.97. The highest BCUT2D eigenvalue weighted by Crippen LogP contribution is 2.32. The molecule has 0 fully saturated rings. The molecular formula is C17H25N3OS. The standard InChI is InChI=1S/C17H25N3OS/c1-13(9-10-21)11-18-12-15-16(14-7-5-4-6-8-14)19-17(22-15)20(2)3/h4-8,13,18,21H,9-12H2,1-3H3. The van der Waals surface area contributed by atoms with Gasteiger partial charge in [0.15, 0.2) is 5.13 Å². The van der Waals surface area contributed by atoms with Crippen LogP contribution >= 0.6 is 11.3 Å². The smallest absolute Gasteiger partial charge is 0.185 e. The number of benzene rings is 1. The summed E-state index contributed by atoms with van der Waals surface area (Å²) in [5, 5.41) is 13.5. The van der Waals surface area contributed by atoms with Crippen LogP contribution in [0.4, 0.5) is 5.13 Å². The lowest BCUT2D eigenvalue weighted by Gasteiger charge is -2.10. The molecule has 0 aliphatic carbocycles. The van der Waals surface area contributed by atoms with E-state index in [9.17, 15) is 0 Å². The van der Waals surface area contributed by atoms with Gasteiger partial charge >= 0.3 is 0 Å². The molecule has 0 amide bonds. The van der Waals surface area contributed by atoms with Crippen molar-refractivity contribution < 1.29 is 5.11 Å². The third kappa shape index (κ3) is 4.53. The molecular weight excluding hydrogens is 294 g/mol. The van der Waals surface area contributed by atoms with Gasteiger partial charge in [-0.3, -0.25) is 0 Å². The van der Waals surface area contributed by atoms with Crippen LogP contribution in [-0.4, -0.2) is 37.3 Å². The second-order valence-corrected chi connectivity index (χ2v) is 6.84. The minimum absolute atomic E-state index is 0.253. The molecule has 1 aromatic heterocycles. The molecule has 2 aromatic rings. The van der Waals surface area contributed by atoms with Gasteiger partial charge in [-0.15, -0.1) is 0 Å². The summed E-state index contributed by atoms with van der Waals surface area (Å²) < 4.78 is 0. The van der Waals surface area contributed by atoms with E-state index in [1.54, 1.807) is 11.3 Å². The van der Waals surface area contributed by atoms with Gasteiger partial charge in [0.1, 0.15) is 0 Å². The fraction of sp³-hybridized carbons (Fsp3) is 0.471. The summed E-state index contributed by atoms with van der Waals surface area (Å²) in [5.41, 5.74) is 2.23. The first kappa shape index (κ1) is 16.9. The highest BCUT2D eigenvalue weighted by Gasteiger charge is 2.14. The average molecular weight is 319 g/mol. The number of nitrogens with zero attached hydrogens (tertiary/aromatic N) is 2. The number of aliphatic hydroxyl groups excluding tert-OH is 1. The van der Waals surface area contributed by atoms with E-state index in [1.165, 1.54) is 4.88 Å². The van der Waals surface area contributed by atoms with E-state index in [2.05, 4.69) is 29.3 Å². The Hall–Kier alpha value is -1.43. The zero-order valence-corrected chi connectivity index (χ0v) is 14.4. The molecule has 0 spiro atoms. The first-order valence-corrected chi connectivity index (χ1v) is 8.47. The van der Waals surface area contributed by atoms with E-state index in [0.717, 1.165) is 35.9 Å². The molecule has 0 radical (unpaired) electrons. The zero-order chi connectivity index (χ0) is 15.9. The molecule has 0 aliphatic heterocycles. The van der Waals surface area contributed by atoms with E-state index in [-0.39, 0.29) is 6.61 Å². The van der Waals surface area contributed by atoms with Crippen molar-refractivity contribution in [3.8, 4) is 11.3 Å². The van der Waals surface area contributed by atoms with Crippen molar-refractivity contribution in [2.24, 2.45) is 5.92 Å². The number of anilines is 1. The molecule has 0 saturated carbocycles. The number of hydrogen-bond acceptors (Lipinski definition) is 5. The molecule has 1 aromatic carbocycles. The van der Waals surface area contributed by atoms with Crippen LogP contribution in [-0.2, 0) is 6.54 Å². The van der Waals surface area contributed by atoms with Gasteiger partial charge in [0.25, 0.3) is 0 Å². The Morgan fingerprint density at radius 3 is 2.64 bits per heavy atom. The van der Waals surface area contributed by atoms with E-state index < -0.39 is 0 Å². The number of thiazole rings is 1. The Morgan fingerprint density at radius 2 is 2.00 bits per heavy atom. The maximum absolute atomic E-state index is 8.97. The first-order valence-electron chi connectivity index (χ1n) is 7.65. The van der Waals surface area contributed by atoms with Gasteiger partial charge in [0.2, 0.25) is 0 Å². The Morgan fingerprint density at radius 1 is 1.27 bits per heavy atom. The summed E-state index contributed by atoms with van der Waals surface area (Å²) >= 11 is 1.73. The monoisotopic (exact) mass is 319 g/mol. The Balaban J connectivity index is 2.12. The van der Waals surface area contributed by atoms with Crippen LogP contribution in [0, 0.1) is 5.92 Å². The van der Waals surface area contributed by atoms with E-state index >= 15 is 0 Å². The van der Waals surface area contributed by atoms with Crippen LogP contribution < -0.4 is 10.2 Å². The van der Waals surface area contributed by atoms with Crippen molar-refractivity contribution in [2.75, 3.05) is 32.1 Å². The Bertz CT molecular complexity index is 569. The number of aromatic nitrogens is 1. The Kier molecular flexibility index (Phi) is 6.36. The number of aliphatic hydroxyl groups is 1. The van der Waals surface area contributed by atoms with Crippen molar-refractivity contribution in [3.05, 3.63) is 35.2 Å². The van der Waals surface area contributed by atoms with E-state index in [0.29, 0.717) is 5.92 Å². The highest BCUT2D eigenvalue weighted by molar-refractivity contribution is 7.16. The van der Waals surface area contributed by atoms with Crippen molar-refractivity contribution in [1.29, 1.82) is 0 Å². The van der Waals surface area contributed by atoms with Crippen molar-refractivity contribution in [2.45, 2.75) is 19.9 Å². The number of rotatable bonds is 8. The fourth-order valence-electron chi connectivity index (χ4n) is 2.23. The van der Waals surface area contributed by atoms with Crippen LogP contribution in [0.15, 0.2) is 30.3 Å². The van der Waals surface area contributed by atoms with Crippen LogP contribution in [0.3, 0.4) is 0 Å². The molecule has 120 valence electrons. The molecule has 1 atom stereocenters. The van der Waals surface area contributed by atoms with Crippen LogP contribution in [0.1, 0.15) is 18.2 Å². The van der Waals surface area contributed by atoms with Gasteiger partial charge in [0.05, 0.1) is 5.69 Å². The summed E-state index contributed by atoms with van der Waals surface area (Å²) in [6.07, 6.45) is 0.837. The molecule has 22 heavy (non-hydrogen) atoms. The number of nitrogens with one attached hydrogen (secondary N) is 1. The molecule has 2 N–H and O–H groups in total. The van der Waals surface area contributed by atoms with Gasteiger partial charge < -0.3 is 15.3 Å². The summed E-state index contributed by atoms with van der Waals surface area (Å²) in [6, 6.07) is 10.3. The van der Waals surface area contributed by atoms with E-state index in [4.69, 9.17) is 10.1 Å². The highest BCUT2D eigenvalue weighted by atomic mass is 32.1. The Labute approximate surface area is 136 Å². The maximum Gasteiger partial charge on any atom is 0.185 e. The summed E-state index contributed by atoms with van der Waals surface area (Å²) in [6.45, 7) is 4.12. The van der Waals surface area contributed by atoms with Gasteiger partial charge in [-0.25, -0.2) is 4.98 Å². The number of hydrogen-bond donors (Lipinski definition) is 2. The molecule has 4 nitrogen and oxygen atoms in total. The molecule has 0 saturated heterocycles. The van der Waals surface area contributed by atoms with Crippen molar-refractivity contribution in [1.82, 2.24) is 10.3 Å². The molecule has 0 aliphatic rings. The first-order chi connectivity index (χ1) is 10.6. The lowest BCUT2D eigenvalue weighted by molar-refractivity contribution is 0.260. The molecule has 1 unspecified atom stereocenters.